The summed E-state index contributed by atoms with van der Waals surface area (Å²) in [5.74, 6) is 0.865. The molecule has 0 spiro atoms. The summed E-state index contributed by atoms with van der Waals surface area (Å²) in [6.07, 6.45) is 4.37. The monoisotopic (exact) mass is 340 g/mol. The quantitative estimate of drug-likeness (QED) is 0.810. The number of nitrogens with zero attached hydrogens (tertiary/aromatic N) is 4. The Kier molecular flexibility index (Phi) is 5.31. The van der Waals surface area contributed by atoms with Crippen molar-refractivity contribution in [2.24, 2.45) is 7.05 Å². The standard InChI is InChI=1S/C13H21BrN6/c1-4-6-15-10(13-16-8-17-18-13)7-11-12(14)9(5-2)19-20(11)3/h8,10,15H,4-7H2,1-3H3,(H,16,17,18). The van der Waals surface area contributed by atoms with E-state index in [1.807, 2.05) is 11.7 Å². The zero-order valence-corrected chi connectivity index (χ0v) is 13.7. The molecule has 0 aromatic carbocycles. The largest absolute Gasteiger partial charge is 0.307 e. The van der Waals surface area contributed by atoms with Gasteiger partial charge in [-0.05, 0) is 35.3 Å². The molecule has 1 atom stereocenters. The molecule has 0 saturated carbocycles. The molecule has 2 N–H and O–H groups in total. The van der Waals surface area contributed by atoms with Gasteiger partial charge in [-0.1, -0.05) is 13.8 Å². The summed E-state index contributed by atoms with van der Waals surface area (Å²) < 4.78 is 3.05. The molecule has 1 unspecified atom stereocenters. The lowest BCUT2D eigenvalue weighted by atomic mass is 10.1. The predicted molar refractivity (Wildman–Crippen MR) is 81.4 cm³/mol. The van der Waals surface area contributed by atoms with Crippen molar-refractivity contribution in [1.82, 2.24) is 30.3 Å². The van der Waals surface area contributed by atoms with E-state index in [9.17, 15) is 0 Å². The Hall–Kier alpha value is -1.21. The minimum Gasteiger partial charge on any atom is -0.307 e. The Balaban J connectivity index is 2.21. The summed E-state index contributed by atoms with van der Waals surface area (Å²) in [4.78, 5) is 4.28. The van der Waals surface area contributed by atoms with Gasteiger partial charge in [-0.3, -0.25) is 9.78 Å². The van der Waals surface area contributed by atoms with Crippen LogP contribution in [0, 0.1) is 0 Å². The Morgan fingerprint density at radius 2 is 2.25 bits per heavy atom. The minimum atomic E-state index is 0.119. The van der Waals surface area contributed by atoms with Gasteiger partial charge in [0.2, 0.25) is 0 Å². The number of hydrogen-bond donors (Lipinski definition) is 2. The lowest BCUT2D eigenvalue weighted by Gasteiger charge is -2.16. The van der Waals surface area contributed by atoms with E-state index < -0.39 is 0 Å². The first kappa shape index (κ1) is 15.2. The lowest BCUT2D eigenvalue weighted by Crippen LogP contribution is -2.26. The Labute approximate surface area is 127 Å². The van der Waals surface area contributed by atoms with Crippen LogP contribution in [0.1, 0.15) is 43.5 Å². The average molecular weight is 341 g/mol. The maximum atomic E-state index is 4.54. The number of aromatic amines is 1. The molecule has 0 fully saturated rings. The molecule has 2 heterocycles. The van der Waals surface area contributed by atoms with Crippen molar-refractivity contribution in [2.75, 3.05) is 6.54 Å². The number of rotatable bonds is 7. The summed E-state index contributed by atoms with van der Waals surface area (Å²) in [6, 6.07) is 0.119. The Morgan fingerprint density at radius 3 is 2.80 bits per heavy atom. The second-order valence-electron chi connectivity index (χ2n) is 4.77. The van der Waals surface area contributed by atoms with E-state index in [-0.39, 0.29) is 6.04 Å². The Morgan fingerprint density at radius 1 is 1.45 bits per heavy atom. The fraction of sp³-hybridized carbons (Fsp3) is 0.615. The van der Waals surface area contributed by atoms with Gasteiger partial charge in [0.1, 0.15) is 12.2 Å². The van der Waals surface area contributed by atoms with Gasteiger partial charge in [0.15, 0.2) is 0 Å². The van der Waals surface area contributed by atoms with Gasteiger partial charge in [0, 0.05) is 13.5 Å². The van der Waals surface area contributed by atoms with Crippen molar-refractivity contribution in [3.8, 4) is 0 Å². The van der Waals surface area contributed by atoms with Gasteiger partial charge >= 0.3 is 0 Å². The third-order valence-corrected chi connectivity index (χ3v) is 4.22. The third kappa shape index (κ3) is 3.27. The van der Waals surface area contributed by atoms with E-state index in [1.165, 1.54) is 5.69 Å². The second kappa shape index (κ2) is 6.99. The molecule has 0 saturated heterocycles. The molecule has 0 aliphatic carbocycles. The maximum Gasteiger partial charge on any atom is 0.141 e. The summed E-state index contributed by atoms with van der Waals surface area (Å²) in [5, 5.41) is 15.0. The fourth-order valence-corrected chi connectivity index (χ4v) is 2.98. The van der Waals surface area contributed by atoms with Crippen molar-refractivity contribution >= 4 is 15.9 Å². The molecule has 2 rings (SSSR count). The summed E-state index contributed by atoms with van der Waals surface area (Å²) in [7, 11) is 1.98. The highest BCUT2D eigenvalue weighted by Gasteiger charge is 2.20. The minimum absolute atomic E-state index is 0.119. The van der Waals surface area contributed by atoms with Crippen LogP contribution in [0.5, 0.6) is 0 Å². The number of aromatic nitrogens is 5. The molecule has 110 valence electrons. The van der Waals surface area contributed by atoms with Gasteiger partial charge in [0.25, 0.3) is 0 Å². The first-order valence-corrected chi connectivity index (χ1v) is 7.75. The van der Waals surface area contributed by atoms with Crippen LogP contribution in [-0.2, 0) is 19.9 Å². The van der Waals surface area contributed by atoms with Crippen LogP contribution < -0.4 is 5.32 Å². The van der Waals surface area contributed by atoms with Crippen molar-refractivity contribution in [1.29, 1.82) is 0 Å². The molecule has 6 nitrogen and oxygen atoms in total. The molecular weight excluding hydrogens is 320 g/mol. The van der Waals surface area contributed by atoms with Crippen molar-refractivity contribution < 1.29 is 0 Å². The van der Waals surface area contributed by atoms with E-state index >= 15 is 0 Å². The molecule has 0 bridgehead atoms. The highest BCUT2D eigenvalue weighted by Crippen LogP contribution is 2.25. The number of halogens is 1. The number of aryl methyl sites for hydroxylation is 2. The molecule has 0 aliphatic heterocycles. The highest BCUT2D eigenvalue weighted by molar-refractivity contribution is 9.10. The van der Waals surface area contributed by atoms with Crippen LogP contribution in [0.15, 0.2) is 10.8 Å². The van der Waals surface area contributed by atoms with Crippen molar-refractivity contribution in [3.63, 3.8) is 0 Å². The number of hydrogen-bond acceptors (Lipinski definition) is 4. The summed E-state index contributed by atoms with van der Waals surface area (Å²) in [5.41, 5.74) is 2.26. The first-order chi connectivity index (χ1) is 9.67. The van der Waals surface area contributed by atoms with Crippen molar-refractivity contribution in [2.45, 2.75) is 39.2 Å². The third-order valence-electron chi connectivity index (χ3n) is 3.30. The number of nitrogens with one attached hydrogen (secondary N) is 2. The van der Waals surface area contributed by atoms with Crippen molar-refractivity contribution in [3.05, 3.63) is 28.0 Å². The average Bonchev–Trinajstić information content (AvgIpc) is 3.05. The molecule has 0 radical (unpaired) electrons. The van der Waals surface area contributed by atoms with Crippen LogP contribution in [-0.4, -0.2) is 31.5 Å². The van der Waals surface area contributed by atoms with Gasteiger partial charge < -0.3 is 5.32 Å². The molecule has 2 aromatic rings. The van der Waals surface area contributed by atoms with E-state index in [0.717, 1.165) is 41.8 Å². The maximum absolute atomic E-state index is 4.54. The molecule has 0 amide bonds. The normalized spacial score (nSPS) is 12.8. The number of H-pyrrole nitrogens is 1. The van der Waals surface area contributed by atoms with E-state index in [0.29, 0.717) is 0 Å². The van der Waals surface area contributed by atoms with Gasteiger partial charge in [0.05, 0.1) is 21.9 Å². The molecule has 7 heteroatoms. The van der Waals surface area contributed by atoms with Crippen LogP contribution in [0.2, 0.25) is 0 Å². The first-order valence-electron chi connectivity index (χ1n) is 6.96. The highest BCUT2D eigenvalue weighted by atomic mass is 79.9. The lowest BCUT2D eigenvalue weighted by molar-refractivity contribution is 0.490. The Bertz CT molecular complexity index is 533. The smallest absolute Gasteiger partial charge is 0.141 e. The zero-order chi connectivity index (χ0) is 14.5. The van der Waals surface area contributed by atoms with Crippen LogP contribution >= 0.6 is 15.9 Å². The second-order valence-corrected chi connectivity index (χ2v) is 5.56. The summed E-state index contributed by atoms with van der Waals surface area (Å²) in [6.45, 7) is 5.21. The fourth-order valence-electron chi connectivity index (χ4n) is 2.20. The molecule has 20 heavy (non-hydrogen) atoms. The van der Waals surface area contributed by atoms with Gasteiger partial charge in [-0.2, -0.15) is 10.2 Å². The van der Waals surface area contributed by atoms with E-state index in [4.69, 9.17) is 0 Å². The van der Waals surface area contributed by atoms with Gasteiger partial charge in [-0.25, -0.2) is 4.98 Å². The predicted octanol–water partition coefficient (Wildman–Crippen LogP) is 2.15. The topological polar surface area (TPSA) is 71.4 Å². The van der Waals surface area contributed by atoms with Crippen LogP contribution in [0.3, 0.4) is 0 Å². The zero-order valence-electron chi connectivity index (χ0n) is 12.1. The SMILES string of the molecule is CCCNC(Cc1c(Br)c(CC)nn1C)c1ncn[nH]1. The molecular formula is C13H21BrN6. The molecule has 2 aromatic heterocycles. The van der Waals surface area contributed by atoms with Gasteiger partial charge in [-0.15, -0.1) is 0 Å². The summed E-state index contributed by atoms with van der Waals surface area (Å²) >= 11 is 3.66. The van der Waals surface area contributed by atoms with E-state index in [1.54, 1.807) is 6.33 Å². The molecule has 0 aliphatic rings. The van der Waals surface area contributed by atoms with E-state index in [2.05, 4.69) is 55.4 Å². The van der Waals surface area contributed by atoms with Crippen LogP contribution in [0.4, 0.5) is 0 Å². The van der Waals surface area contributed by atoms with Crippen LogP contribution in [0.25, 0.3) is 0 Å².